The van der Waals surface area contributed by atoms with E-state index in [0.29, 0.717) is 19.3 Å². The summed E-state index contributed by atoms with van der Waals surface area (Å²) in [5.74, 6) is -0.878. The zero-order valence-electron chi connectivity index (χ0n) is 47.2. The summed E-state index contributed by atoms with van der Waals surface area (Å²) in [6.07, 6.45) is 74.9. The van der Waals surface area contributed by atoms with Crippen molar-refractivity contribution in [3.63, 3.8) is 0 Å². The van der Waals surface area contributed by atoms with Crippen molar-refractivity contribution in [1.82, 2.24) is 0 Å². The fourth-order valence-corrected chi connectivity index (χ4v) is 8.83. The van der Waals surface area contributed by atoms with Gasteiger partial charge in [-0.3, -0.25) is 14.4 Å². The normalized spacial score (nSPS) is 12.4. The summed E-state index contributed by atoms with van der Waals surface area (Å²) in [7, 11) is 0. The van der Waals surface area contributed by atoms with Gasteiger partial charge in [0.25, 0.3) is 0 Å². The van der Waals surface area contributed by atoms with Gasteiger partial charge in [-0.25, -0.2) is 0 Å². The zero-order chi connectivity index (χ0) is 51.4. The molecule has 0 aliphatic carbocycles. The van der Waals surface area contributed by atoms with Gasteiger partial charge in [0.05, 0.1) is 0 Å². The molecule has 0 radical (unpaired) electrons. The Morgan fingerprint density at radius 1 is 0.282 bits per heavy atom. The summed E-state index contributed by atoms with van der Waals surface area (Å²) < 4.78 is 16.9. The van der Waals surface area contributed by atoms with Crippen molar-refractivity contribution in [2.75, 3.05) is 13.2 Å². The van der Waals surface area contributed by atoms with Crippen molar-refractivity contribution in [1.29, 1.82) is 0 Å². The van der Waals surface area contributed by atoms with Crippen molar-refractivity contribution < 1.29 is 28.6 Å². The summed E-state index contributed by atoms with van der Waals surface area (Å²) in [6, 6.07) is 0. The van der Waals surface area contributed by atoms with Gasteiger partial charge in [-0.2, -0.15) is 0 Å². The van der Waals surface area contributed by atoms with Crippen LogP contribution in [0, 0.1) is 0 Å². The average Bonchev–Trinajstić information content (AvgIpc) is 3.37. The number of hydrogen-bond donors (Lipinski definition) is 0. The van der Waals surface area contributed by atoms with Gasteiger partial charge in [0.2, 0.25) is 0 Å². The molecule has 0 amide bonds. The number of allylic oxidation sites excluding steroid dienone is 10. The number of carbonyl (C=O) groups is 3. The van der Waals surface area contributed by atoms with Gasteiger partial charge in [0.1, 0.15) is 13.2 Å². The number of unbranched alkanes of at least 4 members (excludes halogenated alkanes) is 35. The van der Waals surface area contributed by atoms with Gasteiger partial charge in [-0.05, 0) is 89.9 Å². The first-order valence-electron chi connectivity index (χ1n) is 30.8. The number of hydrogen-bond acceptors (Lipinski definition) is 6. The van der Waals surface area contributed by atoms with Crippen molar-refractivity contribution in [3.05, 3.63) is 60.8 Å². The van der Waals surface area contributed by atoms with Crippen LogP contribution in [0.1, 0.15) is 316 Å². The zero-order valence-corrected chi connectivity index (χ0v) is 47.2. The smallest absolute Gasteiger partial charge is 0.306 e. The topological polar surface area (TPSA) is 78.9 Å². The third-order valence-corrected chi connectivity index (χ3v) is 13.5. The van der Waals surface area contributed by atoms with Gasteiger partial charge in [0.15, 0.2) is 6.10 Å². The second kappa shape index (κ2) is 59.7. The molecule has 0 aliphatic heterocycles. The van der Waals surface area contributed by atoms with Gasteiger partial charge in [-0.15, -0.1) is 0 Å². The van der Waals surface area contributed by atoms with E-state index in [9.17, 15) is 14.4 Å². The van der Waals surface area contributed by atoms with E-state index in [1.807, 2.05) is 0 Å². The monoisotopic (exact) mass is 993 g/mol. The van der Waals surface area contributed by atoms with E-state index >= 15 is 0 Å². The van der Waals surface area contributed by atoms with Crippen LogP contribution >= 0.6 is 0 Å². The minimum atomic E-state index is -0.781. The standard InChI is InChI=1S/C65H116O6/c1-4-7-10-13-16-19-22-25-28-30-32-34-37-40-43-46-49-52-55-58-64(67)70-61-62(60-69-63(66)57-54-51-48-45-42-39-36-27-24-21-18-15-12-9-6-3)71-65(68)59-56-53-50-47-44-41-38-35-33-31-29-26-23-20-17-14-11-8-5-2/h16-17,19-20,25-26,28-29,32,34,62H,4-15,18,21-24,27,30-31,33,35-61H2,1-3H3/b19-16-,20-17-,28-25-,29-26-,34-32-/t62-/m1/s1. The van der Waals surface area contributed by atoms with Gasteiger partial charge in [0, 0.05) is 19.3 Å². The molecule has 71 heavy (non-hydrogen) atoms. The molecule has 0 saturated carbocycles. The van der Waals surface area contributed by atoms with Crippen LogP contribution in [-0.2, 0) is 28.6 Å². The molecule has 0 spiro atoms. The third-order valence-electron chi connectivity index (χ3n) is 13.5. The molecule has 1 atom stereocenters. The molecule has 0 rings (SSSR count). The van der Waals surface area contributed by atoms with Crippen LogP contribution in [0.25, 0.3) is 0 Å². The van der Waals surface area contributed by atoms with Crippen molar-refractivity contribution >= 4 is 17.9 Å². The van der Waals surface area contributed by atoms with E-state index in [1.54, 1.807) is 0 Å². The minimum Gasteiger partial charge on any atom is -0.462 e. The highest BCUT2D eigenvalue weighted by Crippen LogP contribution is 2.16. The Balaban J connectivity index is 4.38. The first kappa shape index (κ1) is 68.1. The van der Waals surface area contributed by atoms with Crippen molar-refractivity contribution in [2.45, 2.75) is 322 Å². The molecule has 6 heteroatoms. The molecule has 0 bridgehead atoms. The van der Waals surface area contributed by atoms with E-state index in [1.165, 1.54) is 193 Å². The van der Waals surface area contributed by atoms with Gasteiger partial charge >= 0.3 is 17.9 Å². The molecule has 0 heterocycles. The molecule has 0 aliphatic rings. The van der Waals surface area contributed by atoms with E-state index in [4.69, 9.17) is 14.2 Å². The van der Waals surface area contributed by atoms with E-state index in [-0.39, 0.29) is 31.1 Å². The highest BCUT2D eigenvalue weighted by molar-refractivity contribution is 5.71. The van der Waals surface area contributed by atoms with Crippen LogP contribution in [0.5, 0.6) is 0 Å². The number of ether oxygens (including phenoxy) is 3. The molecule has 412 valence electrons. The SMILES string of the molecule is CCCCC/C=C\C/C=C\C/C=C\CCCCCCCCC(=O)OC[C@@H](COC(=O)CCCCCCCCCCCCCCCCC)OC(=O)CCCCCCCCCCC/C=C\C/C=C\CCCCC. The maximum atomic E-state index is 12.9. The Morgan fingerprint density at radius 3 is 0.817 bits per heavy atom. The molecular formula is C65H116O6. The molecule has 0 fully saturated rings. The van der Waals surface area contributed by atoms with Crippen LogP contribution in [0.15, 0.2) is 60.8 Å². The van der Waals surface area contributed by atoms with Crippen LogP contribution in [-0.4, -0.2) is 37.2 Å². The summed E-state index contributed by atoms with van der Waals surface area (Å²) in [6.45, 7) is 6.61. The Morgan fingerprint density at radius 2 is 0.507 bits per heavy atom. The second-order valence-corrected chi connectivity index (χ2v) is 20.6. The van der Waals surface area contributed by atoms with Crippen molar-refractivity contribution in [3.8, 4) is 0 Å². The lowest BCUT2D eigenvalue weighted by atomic mass is 10.0. The fraction of sp³-hybridized carbons (Fsp3) is 0.800. The molecule has 0 aromatic carbocycles. The second-order valence-electron chi connectivity index (χ2n) is 20.6. The lowest BCUT2D eigenvalue weighted by Crippen LogP contribution is -2.30. The fourth-order valence-electron chi connectivity index (χ4n) is 8.83. The van der Waals surface area contributed by atoms with Crippen LogP contribution < -0.4 is 0 Å². The first-order chi connectivity index (χ1) is 35.0. The molecule has 0 saturated heterocycles. The predicted octanol–water partition coefficient (Wildman–Crippen LogP) is 20.8. The average molecular weight is 994 g/mol. The quantitative estimate of drug-likeness (QED) is 0.0261. The van der Waals surface area contributed by atoms with Gasteiger partial charge in [-0.1, -0.05) is 268 Å². The van der Waals surface area contributed by atoms with Gasteiger partial charge < -0.3 is 14.2 Å². The molecule has 0 aromatic rings. The largest absolute Gasteiger partial charge is 0.462 e. The highest BCUT2D eigenvalue weighted by atomic mass is 16.6. The minimum absolute atomic E-state index is 0.0772. The lowest BCUT2D eigenvalue weighted by Gasteiger charge is -2.18. The Kier molecular flexibility index (Phi) is 57.2. The van der Waals surface area contributed by atoms with Crippen LogP contribution in [0.2, 0.25) is 0 Å². The van der Waals surface area contributed by atoms with Crippen molar-refractivity contribution in [2.24, 2.45) is 0 Å². The predicted molar refractivity (Wildman–Crippen MR) is 307 cm³/mol. The lowest BCUT2D eigenvalue weighted by molar-refractivity contribution is -0.167. The highest BCUT2D eigenvalue weighted by Gasteiger charge is 2.19. The molecular weight excluding hydrogens is 877 g/mol. The van der Waals surface area contributed by atoms with E-state index in [0.717, 1.165) is 83.5 Å². The summed E-state index contributed by atoms with van der Waals surface area (Å²) in [5.41, 5.74) is 0. The van der Waals surface area contributed by atoms with E-state index in [2.05, 4.69) is 81.5 Å². The molecule has 0 N–H and O–H groups in total. The number of rotatable bonds is 56. The summed E-state index contributed by atoms with van der Waals surface area (Å²) in [4.78, 5) is 38.3. The first-order valence-corrected chi connectivity index (χ1v) is 30.8. The maximum absolute atomic E-state index is 12.9. The molecule has 6 nitrogen and oxygen atoms in total. The molecule has 0 unspecified atom stereocenters. The third kappa shape index (κ3) is 57.9. The maximum Gasteiger partial charge on any atom is 0.306 e. The number of esters is 3. The Labute approximate surface area is 440 Å². The number of carbonyl (C=O) groups excluding carboxylic acids is 3. The van der Waals surface area contributed by atoms with Crippen LogP contribution in [0.3, 0.4) is 0 Å². The Hall–Kier alpha value is -2.89. The summed E-state index contributed by atoms with van der Waals surface area (Å²) in [5, 5.41) is 0. The summed E-state index contributed by atoms with van der Waals surface area (Å²) >= 11 is 0. The van der Waals surface area contributed by atoms with Crippen LogP contribution in [0.4, 0.5) is 0 Å². The Bertz CT molecular complexity index is 1280. The van der Waals surface area contributed by atoms with E-state index < -0.39 is 6.10 Å². The molecule has 0 aromatic heterocycles.